The van der Waals surface area contributed by atoms with Crippen LogP contribution in [0.4, 0.5) is 8.78 Å². The van der Waals surface area contributed by atoms with Crippen LogP contribution < -0.4 is 5.73 Å². The largest absolute Gasteiger partial charge is 0.330 e. The molecule has 0 aromatic heterocycles. The first kappa shape index (κ1) is 12.8. The van der Waals surface area contributed by atoms with E-state index in [-0.39, 0.29) is 6.42 Å². The number of alkyl halides is 2. The van der Waals surface area contributed by atoms with Gasteiger partial charge in [0.1, 0.15) is 0 Å². The molecule has 0 saturated carbocycles. The van der Waals surface area contributed by atoms with Crippen molar-refractivity contribution in [1.82, 2.24) is 0 Å². The molecule has 0 rings (SSSR count). The number of halogens is 2. The molecule has 3 heteroatoms. The Morgan fingerprint density at radius 1 is 0.769 bits per heavy atom. The van der Waals surface area contributed by atoms with Gasteiger partial charge in [0.25, 0.3) is 0 Å². The van der Waals surface area contributed by atoms with Crippen LogP contribution in [0.5, 0.6) is 0 Å². The predicted molar refractivity (Wildman–Crippen MR) is 52.0 cm³/mol. The Bertz CT molecular complexity index is 96.9. The van der Waals surface area contributed by atoms with Gasteiger partial charge in [-0.15, -0.1) is 0 Å². The predicted octanol–water partition coefficient (Wildman–Crippen LogP) is 3.33. The lowest BCUT2D eigenvalue weighted by Gasteiger charge is -2.00. The summed E-state index contributed by atoms with van der Waals surface area (Å²) in [6.45, 7) is 0.769. The molecule has 2 N–H and O–H groups in total. The number of hydrogen-bond donors (Lipinski definition) is 1. The maximum absolute atomic E-state index is 11.7. The Morgan fingerprint density at radius 3 is 1.69 bits per heavy atom. The molecule has 0 spiro atoms. The Morgan fingerprint density at radius 2 is 1.23 bits per heavy atom. The summed E-state index contributed by atoms with van der Waals surface area (Å²) in [4.78, 5) is 0. The topological polar surface area (TPSA) is 26.0 Å². The minimum Gasteiger partial charge on any atom is -0.330 e. The van der Waals surface area contributed by atoms with Crippen molar-refractivity contribution in [2.75, 3.05) is 6.54 Å². The van der Waals surface area contributed by atoms with E-state index in [1.165, 1.54) is 19.3 Å². The molecule has 0 atom stereocenters. The van der Waals surface area contributed by atoms with Gasteiger partial charge in [-0.1, -0.05) is 32.1 Å². The fourth-order valence-corrected chi connectivity index (χ4v) is 1.33. The van der Waals surface area contributed by atoms with Crippen molar-refractivity contribution in [3.8, 4) is 0 Å². The molecule has 0 aromatic carbocycles. The van der Waals surface area contributed by atoms with Crippen LogP contribution in [0.2, 0.25) is 0 Å². The molecule has 0 amide bonds. The van der Waals surface area contributed by atoms with E-state index in [0.717, 1.165) is 25.8 Å². The summed E-state index contributed by atoms with van der Waals surface area (Å²) in [5, 5.41) is 0. The van der Waals surface area contributed by atoms with Gasteiger partial charge < -0.3 is 5.73 Å². The van der Waals surface area contributed by atoms with Gasteiger partial charge in [0, 0.05) is 6.42 Å². The van der Waals surface area contributed by atoms with Crippen LogP contribution >= 0.6 is 0 Å². The second-order valence-corrected chi connectivity index (χ2v) is 3.44. The summed E-state index contributed by atoms with van der Waals surface area (Å²) in [6.07, 6.45) is 5.33. The zero-order valence-electron chi connectivity index (χ0n) is 8.27. The summed E-state index contributed by atoms with van der Waals surface area (Å²) >= 11 is 0. The average molecular weight is 193 g/mol. The first-order valence-electron chi connectivity index (χ1n) is 5.25. The van der Waals surface area contributed by atoms with Gasteiger partial charge in [-0.25, -0.2) is 8.78 Å². The molecule has 13 heavy (non-hydrogen) atoms. The summed E-state index contributed by atoms with van der Waals surface area (Å²) in [5.41, 5.74) is 5.34. The van der Waals surface area contributed by atoms with E-state index in [0.29, 0.717) is 6.42 Å². The highest BCUT2D eigenvalue weighted by atomic mass is 19.3. The van der Waals surface area contributed by atoms with Crippen LogP contribution in [0.25, 0.3) is 0 Å². The fourth-order valence-electron chi connectivity index (χ4n) is 1.33. The van der Waals surface area contributed by atoms with Gasteiger partial charge in [0.2, 0.25) is 6.43 Å². The Kier molecular flexibility index (Phi) is 9.77. The molecule has 0 fully saturated rings. The lowest BCUT2D eigenvalue weighted by Crippen LogP contribution is -1.97. The van der Waals surface area contributed by atoms with Crippen LogP contribution in [0, 0.1) is 0 Å². The minimum absolute atomic E-state index is 0.0722. The first-order chi connectivity index (χ1) is 6.27. The molecule has 0 unspecified atom stereocenters. The third kappa shape index (κ3) is 11.8. The van der Waals surface area contributed by atoms with Crippen molar-refractivity contribution in [3.05, 3.63) is 0 Å². The van der Waals surface area contributed by atoms with Gasteiger partial charge in [0.15, 0.2) is 0 Å². The van der Waals surface area contributed by atoms with E-state index in [4.69, 9.17) is 5.73 Å². The van der Waals surface area contributed by atoms with E-state index in [1.807, 2.05) is 0 Å². The van der Waals surface area contributed by atoms with Crippen molar-refractivity contribution in [3.63, 3.8) is 0 Å². The Labute approximate surface area is 79.7 Å². The van der Waals surface area contributed by atoms with Crippen molar-refractivity contribution in [2.45, 2.75) is 57.8 Å². The fraction of sp³-hybridized carbons (Fsp3) is 1.00. The van der Waals surface area contributed by atoms with Gasteiger partial charge >= 0.3 is 0 Å². The summed E-state index contributed by atoms with van der Waals surface area (Å²) in [6, 6.07) is 0. The number of rotatable bonds is 9. The zero-order chi connectivity index (χ0) is 9.94. The third-order valence-corrected chi connectivity index (χ3v) is 2.13. The molecule has 0 heterocycles. The van der Waals surface area contributed by atoms with Crippen LogP contribution in [0.15, 0.2) is 0 Å². The Balaban J connectivity index is 2.84. The van der Waals surface area contributed by atoms with Crippen molar-refractivity contribution in [1.29, 1.82) is 0 Å². The minimum atomic E-state index is -2.11. The molecule has 0 aliphatic rings. The van der Waals surface area contributed by atoms with E-state index in [1.54, 1.807) is 0 Å². The summed E-state index contributed by atoms with van der Waals surface area (Å²) < 4.78 is 23.4. The van der Waals surface area contributed by atoms with Crippen LogP contribution in [0.1, 0.15) is 51.4 Å². The molecule has 0 aliphatic carbocycles. The molecular weight excluding hydrogens is 172 g/mol. The smallest absolute Gasteiger partial charge is 0.238 e. The molecule has 0 aliphatic heterocycles. The lowest BCUT2D eigenvalue weighted by molar-refractivity contribution is 0.133. The normalized spacial score (nSPS) is 11.1. The Hall–Kier alpha value is -0.180. The lowest BCUT2D eigenvalue weighted by atomic mass is 10.1. The van der Waals surface area contributed by atoms with E-state index < -0.39 is 6.43 Å². The van der Waals surface area contributed by atoms with Crippen molar-refractivity contribution < 1.29 is 8.78 Å². The molecule has 1 nitrogen and oxygen atoms in total. The monoisotopic (exact) mass is 193 g/mol. The molecule has 0 saturated heterocycles. The third-order valence-electron chi connectivity index (χ3n) is 2.13. The molecule has 0 radical (unpaired) electrons. The second-order valence-electron chi connectivity index (χ2n) is 3.44. The molecule has 0 aromatic rings. The molecule has 0 bridgehead atoms. The van der Waals surface area contributed by atoms with Gasteiger partial charge in [-0.3, -0.25) is 0 Å². The first-order valence-corrected chi connectivity index (χ1v) is 5.25. The van der Waals surface area contributed by atoms with Crippen molar-refractivity contribution in [2.24, 2.45) is 5.73 Å². The van der Waals surface area contributed by atoms with E-state index in [2.05, 4.69) is 0 Å². The van der Waals surface area contributed by atoms with E-state index in [9.17, 15) is 8.78 Å². The van der Waals surface area contributed by atoms with Crippen LogP contribution in [-0.4, -0.2) is 13.0 Å². The van der Waals surface area contributed by atoms with Gasteiger partial charge in [-0.05, 0) is 19.4 Å². The average Bonchev–Trinajstić information content (AvgIpc) is 2.09. The highest BCUT2D eigenvalue weighted by Gasteiger charge is 2.00. The molecule has 80 valence electrons. The SMILES string of the molecule is NCCCCCCCCCC(F)F. The van der Waals surface area contributed by atoms with Crippen LogP contribution in [-0.2, 0) is 0 Å². The maximum Gasteiger partial charge on any atom is 0.238 e. The standard InChI is InChI=1S/C10H21F2N/c11-10(12)8-6-4-2-1-3-5-7-9-13/h10H,1-9,13H2. The summed E-state index contributed by atoms with van der Waals surface area (Å²) in [7, 11) is 0. The number of unbranched alkanes of at least 4 members (excludes halogenated alkanes) is 6. The van der Waals surface area contributed by atoms with Gasteiger partial charge in [0.05, 0.1) is 0 Å². The number of nitrogens with two attached hydrogens (primary N) is 1. The second kappa shape index (κ2) is 9.90. The summed E-state index contributed by atoms with van der Waals surface area (Å²) in [5.74, 6) is 0. The number of hydrogen-bond acceptors (Lipinski definition) is 1. The highest BCUT2D eigenvalue weighted by molar-refractivity contribution is 4.48. The van der Waals surface area contributed by atoms with Crippen LogP contribution in [0.3, 0.4) is 0 Å². The highest BCUT2D eigenvalue weighted by Crippen LogP contribution is 2.11. The van der Waals surface area contributed by atoms with Gasteiger partial charge in [-0.2, -0.15) is 0 Å². The van der Waals surface area contributed by atoms with E-state index >= 15 is 0 Å². The quantitative estimate of drug-likeness (QED) is 0.558. The zero-order valence-corrected chi connectivity index (χ0v) is 8.27. The molecular formula is C10H21F2N. The van der Waals surface area contributed by atoms with Crippen molar-refractivity contribution >= 4 is 0 Å². The maximum atomic E-state index is 11.7.